The Bertz CT molecular complexity index is 1010. The maximum absolute atomic E-state index is 12.8. The van der Waals surface area contributed by atoms with Gasteiger partial charge in [-0.25, -0.2) is 13.9 Å². The van der Waals surface area contributed by atoms with E-state index >= 15 is 0 Å². The molecule has 2 N–H and O–H groups in total. The lowest BCUT2D eigenvalue weighted by Gasteiger charge is -2.30. The predicted molar refractivity (Wildman–Crippen MR) is 117 cm³/mol. The molecule has 8 nitrogen and oxygen atoms in total. The predicted octanol–water partition coefficient (Wildman–Crippen LogP) is 2.87. The number of hydrogen-bond donors (Lipinski definition) is 2. The molecule has 1 atom stereocenters. The largest absolute Gasteiger partial charge is 0.489 e. The minimum absolute atomic E-state index is 0.148. The minimum Gasteiger partial charge on any atom is -0.489 e. The van der Waals surface area contributed by atoms with Gasteiger partial charge < -0.3 is 4.74 Å². The van der Waals surface area contributed by atoms with E-state index in [2.05, 4.69) is 5.10 Å². The van der Waals surface area contributed by atoms with E-state index in [-0.39, 0.29) is 12.2 Å². The van der Waals surface area contributed by atoms with Crippen molar-refractivity contribution in [3.63, 3.8) is 0 Å². The molecule has 0 saturated heterocycles. The molecule has 1 heterocycles. The van der Waals surface area contributed by atoms with E-state index in [4.69, 9.17) is 9.94 Å². The number of rotatable bonds is 9. The summed E-state index contributed by atoms with van der Waals surface area (Å²) in [4.78, 5) is 11.9. The number of benzene rings is 2. The number of nitrogens with zero attached hydrogens (tertiary/aromatic N) is 2. The van der Waals surface area contributed by atoms with E-state index in [1.807, 2.05) is 54.6 Å². The fourth-order valence-corrected chi connectivity index (χ4v) is 4.90. The van der Waals surface area contributed by atoms with Gasteiger partial charge in [0.1, 0.15) is 18.4 Å². The van der Waals surface area contributed by atoms with Crippen molar-refractivity contribution < 1.29 is 23.2 Å². The molecule has 0 saturated carbocycles. The Morgan fingerprint density at radius 1 is 1.16 bits per heavy atom. The van der Waals surface area contributed by atoms with Gasteiger partial charge >= 0.3 is 0 Å². The quantitative estimate of drug-likeness (QED) is 0.456. The highest BCUT2D eigenvalue weighted by Gasteiger charge is 2.36. The summed E-state index contributed by atoms with van der Waals surface area (Å²) in [6.45, 7) is 2.20. The summed E-state index contributed by atoms with van der Waals surface area (Å²) in [7, 11) is -3.79. The number of hydroxylamine groups is 1. The highest BCUT2D eigenvalue weighted by molar-refractivity contribution is 7.89. The van der Waals surface area contributed by atoms with Crippen LogP contribution >= 0.6 is 0 Å². The Morgan fingerprint density at radius 3 is 2.55 bits per heavy atom. The number of aryl methyl sites for hydroxylation is 1. The normalized spacial score (nSPS) is 16.5. The first-order valence-electron chi connectivity index (χ1n) is 10.1. The monoisotopic (exact) mass is 445 g/mol. The van der Waals surface area contributed by atoms with Crippen molar-refractivity contribution in [3.8, 4) is 5.75 Å². The second-order valence-electron chi connectivity index (χ2n) is 7.48. The topological polar surface area (TPSA) is 108 Å². The summed E-state index contributed by atoms with van der Waals surface area (Å²) in [6, 6.07) is 16.4. The first-order chi connectivity index (χ1) is 14.9. The molecule has 166 valence electrons. The Hall–Kier alpha value is -2.91. The molecule has 31 heavy (non-hydrogen) atoms. The second kappa shape index (κ2) is 10.4. The zero-order valence-electron chi connectivity index (χ0n) is 17.4. The van der Waals surface area contributed by atoms with Gasteiger partial charge in [0.25, 0.3) is 15.9 Å². The molecular weight excluding hydrogens is 418 g/mol. The van der Waals surface area contributed by atoms with Gasteiger partial charge in [-0.1, -0.05) is 42.5 Å². The highest BCUT2D eigenvalue weighted by atomic mass is 32.2. The number of amides is 1. The van der Waals surface area contributed by atoms with Crippen LogP contribution in [0.1, 0.15) is 37.3 Å². The van der Waals surface area contributed by atoms with Gasteiger partial charge in [0.05, 0.1) is 5.75 Å². The number of ether oxygens (including phenoxy) is 1. The van der Waals surface area contributed by atoms with Crippen LogP contribution in [0.4, 0.5) is 0 Å². The molecule has 0 aromatic heterocycles. The second-order valence-corrected chi connectivity index (χ2v) is 9.42. The fourth-order valence-electron chi connectivity index (χ4n) is 3.35. The molecule has 0 fully saturated rings. The average molecular weight is 446 g/mol. The van der Waals surface area contributed by atoms with Crippen LogP contribution in [-0.2, 0) is 27.8 Å². The maximum Gasteiger partial charge on any atom is 0.269 e. The molecule has 0 spiro atoms. The SMILES string of the molecule is CC1=NN(S(=O)(=O)CCCc2ccc(OCc3ccccc3)cc2)C(C(=O)NO)CC1. The zero-order chi connectivity index (χ0) is 22.3. The third-order valence-electron chi connectivity index (χ3n) is 5.05. The molecule has 1 unspecified atom stereocenters. The molecule has 1 aliphatic heterocycles. The standard InChI is InChI=1S/C22H27N3O5S/c1-17-9-14-21(22(26)24-27)25(23-17)31(28,29)15-5-8-18-10-12-20(13-11-18)30-16-19-6-3-2-4-7-19/h2-4,6-7,10-13,21,27H,5,8-9,14-16H2,1H3,(H,24,26). The fraction of sp³-hybridized carbons (Fsp3) is 0.364. The number of nitrogens with one attached hydrogen (secondary N) is 1. The van der Waals surface area contributed by atoms with Gasteiger partial charge in [0, 0.05) is 5.71 Å². The number of sulfonamides is 1. The summed E-state index contributed by atoms with van der Waals surface area (Å²) < 4.78 is 32.1. The van der Waals surface area contributed by atoms with E-state index < -0.39 is 22.0 Å². The van der Waals surface area contributed by atoms with Crippen molar-refractivity contribution in [2.75, 3.05) is 5.75 Å². The molecule has 2 aromatic carbocycles. The smallest absolute Gasteiger partial charge is 0.269 e. The lowest BCUT2D eigenvalue weighted by molar-refractivity contribution is -0.133. The van der Waals surface area contributed by atoms with Gasteiger partial charge in [-0.15, -0.1) is 0 Å². The third kappa shape index (κ3) is 6.28. The van der Waals surface area contributed by atoms with Gasteiger partial charge in [-0.2, -0.15) is 9.52 Å². The van der Waals surface area contributed by atoms with Gasteiger partial charge in [0.15, 0.2) is 0 Å². The molecule has 0 radical (unpaired) electrons. The Balaban J connectivity index is 1.53. The average Bonchev–Trinajstić information content (AvgIpc) is 2.78. The molecule has 1 aliphatic rings. The number of hydrazone groups is 1. The van der Waals surface area contributed by atoms with Crippen LogP contribution in [0.15, 0.2) is 59.7 Å². The van der Waals surface area contributed by atoms with E-state index in [0.717, 1.165) is 21.3 Å². The summed E-state index contributed by atoms with van der Waals surface area (Å²) in [6.07, 6.45) is 1.73. The Morgan fingerprint density at radius 2 is 1.87 bits per heavy atom. The summed E-state index contributed by atoms with van der Waals surface area (Å²) in [5.74, 6) is -0.173. The van der Waals surface area contributed by atoms with Crippen LogP contribution in [0, 0.1) is 0 Å². The van der Waals surface area contributed by atoms with E-state index in [1.54, 1.807) is 6.92 Å². The van der Waals surface area contributed by atoms with Crippen molar-refractivity contribution in [2.45, 2.75) is 45.3 Å². The van der Waals surface area contributed by atoms with Crippen LogP contribution in [0.3, 0.4) is 0 Å². The van der Waals surface area contributed by atoms with Crippen LogP contribution in [0.5, 0.6) is 5.75 Å². The molecular formula is C22H27N3O5S. The number of carbonyl (C=O) groups excluding carboxylic acids is 1. The van der Waals surface area contributed by atoms with E-state index in [1.165, 1.54) is 5.48 Å². The summed E-state index contributed by atoms with van der Waals surface area (Å²) in [5.41, 5.74) is 4.24. The maximum atomic E-state index is 12.8. The molecule has 1 amide bonds. The lowest BCUT2D eigenvalue weighted by Crippen LogP contribution is -2.49. The minimum atomic E-state index is -3.79. The van der Waals surface area contributed by atoms with Crippen molar-refractivity contribution in [1.82, 2.24) is 9.89 Å². The number of hydrogen-bond acceptors (Lipinski definition) is 6. The lowest BCUT2D eigenvalue weighted by atomic mass is 10.1. The molecule has 2 aromatic rings. The van der Waals surface area contributed by atoms with E-state index in [0.29, 0.717) is 31.6 Å². The highest BCUT2D eigenvalue weighted by Crippen LogP contribution is 2.21. The van der Waals surface area contributed by atoms with Crippen molar-refractivity contribution in [1.29, 1.82) is 0 Å². The summed E-state index contributed by atoms with van der Waals surface area (Å²) >= 11 is 0. The van der Waals surface area contributed by atoms with Crippen molar-refractivity contribution in [2.24, 2.45) is 5.10 Å². The van der Waals surface area contributed by atoms with Crippen LogP contribution in [-0.4, -0.2) is 41.5 Å². The van der Waals surface area contributed by atoms with Gasteiger partial charge in [0.2, 0.25) is 0 Å². The van der Waals surface area contributed by atoms with Crippen LogP contribution in [0.25, 0.3) is 0 Å². The molecule has 0 aliphatic carbocycles. The first-order valence-corrected chi connectivity index (χ1v) is 11.8. The van der Waals surface area contributed by atoms with Gasteiger partial charge in [-0.05, 0) is 55.9 Å². The van der Waals surface area contributed by atoms with Crippen molar-refractivity contribution >= 4 is 21.6 Å². The zero-order valence-corrected chi connectivity index (χ0v) is 18.2. The number of carbonyl (C=O) groups is 1. The molecule has 3 rings (SSSR count). The van der Waals surface area contributed by atoms with Crippen molar-refractivity contribution in [3.05, 3.63) is 65.7 Å². The third-order valence-corrected chi connectivity index (χ3v) is 6.76. The molecule has 0 bridgehead atoms. The van der Waals surface area contributed by atoms with E-state index in [9.17, 15) is 13.2 Å². The summed E-state index contributed by atoms with van der Waals surface area (Å²) in [5, 5.41) is 13.0. The van der Waals surface area contributed by atoms with Crippen LogP contribution < -0.4 is 10.2 Å². The molecule has 9 heteroatoms. The van der Waals surface area contributed by atoms with Gasteiger partial charge in [-0.3, -0.25) is 10.0 Å². The Kier molecular flexibility index (Phi) is 7.64. The first kappa shape index (κ1) is 22.8. The van der Waals surface area contributed by atoms with Crippen LogP contribution in [0.2, 0.25) is 0 Å². The Labute approximate surface area is 182 Å².